The third-order valence-corrected chi connectivity index (χ3v) is 5.34. The smallest absolute Gasteiger partial charge is 0.225 e. The predicted molar refractivity (Wildman–Crippen MR) is 115 cm³/mol. The van der Waals surface area contributed by atoms with E-state index in [1.54, 1.807) is 0 Å². The Morgan fingerprint density at radius 3 is 2.83 bits per heavy atom. The van der Waals surface area contributed by atoms with Gasteiger partial charge in [0.05, 0.1) is 5.69 Å². The van der Waals surface area contributed by atoms with Gasteiger partial charge in [-0.15, -0.1) is 0 Å². The van der Waals surface area contributed by atoms with Crippen molar-refractivity contribution >= 4 is 17.6 Å². The highest BCUT2D eigenvalue weighted by Crippen LogP contribution is 2.31. The second kappa shape index (κ2) is 10.1. The molecule has 29 heavy (non-hydrogen) atoms. The van der Waals surface area contributed by atoms with E-state index < -0.39 is 0 Å². The lowest BCUT2D eigenvalue weighted by atomic mass is 9.90. The summed E-state index contributed by atoms with van der Waals surface area (Å²) in [4.78, 5) is 16.6. The first kappa shape index (κ1) is 20.9. The molecular formula is C22H31N5O2. The van der Waals surface area contributed by atoms with E-state index >= 15 is 0 Å². The van der Waals surface area contributed by atoms with Crippen LogP contribution in [0, 0.1) is 0 Å². The summed E-state index contributed by atoms with van der Waals surface area (Å²) in [6, 6.07) is 9.96. The number of guanidine groups is 1. The van der Waals surface area contributed by atoms with E-state index in [1.807, 2.05) is 31.2 Å². The Morgan fingerprint density at radius 1 is 1.28 bits per heavy atom. The van der Waals surface area contributed by atoms with E-state index in [4.69, 9.17) is 4.52 Å². The van der Waals surface area contributed by atoms with Crippen molar-refractivity contribution in [1.29, 1.82) is 0 Å². The molecular weight excluding hydrogens is 366 g/mol. The summed E-state index contributed by atoms with van der Waals surface area (Å²) in [5.41, 5.74) is 3.05. The molecule has 1 unspecified atom stereocenters. The molecule has 0 spiro atoms. The van der Waals surface area contributed by atoms with Crippen molar-refractivity contribution in [1.82, 2.24) is 15.8 Å². The Bertz CT molecular complexity index is 841. The van der Waals surface area contributed by atoms with Gasteiger partial charge in [-0.05, 0) is 31.4 Å². The zero-order valence-corrected chi connectivity index (χ0v) is 17.5. The van der Waals surface area contributed by atoms with Crippen LogP contribution in [0.25, 0.3) is 0 Å². The number of anilines is 1. The van der Waals surface area contributed by atoms with Gasteiger partial charge >= 0.3 is 0 Å². The molecule has 3 rings (SSSR count). The Morgan fingerprint density at radius 2 is 2.07 bits per heavy atom. The fourth-order valence-corrected chi connectivity index (χ4v) is 3.71. The highest BCUT2D eigenvalue weighted by atomic mass is 16.5. The van der Waals surface area contributed by atoms with E-state index in [0.717, 1.165) is 42.1 Å². The number of benzene rings is 1. The monoisotopic (exact) mass is 397 g/mol. The number of amides is 1. The minimum absolute atomic E-state index is 0.0491. The molecule has 7 heteroatoms. The van der Waals surface area contributed by atoms with Crippen LogP contribution in [0.5, 0.6) is 0 Å². The number of nitrogens with one attached hydrogen (secondary N) is 3. The summed E-state index contributed by atoms with van der Waals surface area (Å²) in [6.45, 7) is 8.16. The molecule has 0 fully saturated rings. The summed E-state index contributed by atoms with van der Waals surface area (Å²) in [5.74, 6) is 2.05. The van der Waals surface area contributed by atoms with Crippen LogP contribution in [0.15, 0.2) is 39.8 Å². The number of aliphatic imine (C=N–C) groups is 1. The van der Waals surface area contributed by atoms with Crippen molar-refractivity contribution < 1.29 is 9.32 Å². The SMILES string of the molecule is CCNC(=NCc1cc(C(CC)CC)no1)NCC1CC(=O)Nc2ccccc21. The van der Waals surface area contributed by atoms with Crippen LogP contribution in [0.2, 0.25) is 0 Å². The number of carbonyl (C=O) groups is 1. The molecule has 1 amide bonds. The number of hydrogen-bond acceptors (Lipinski definition) is 4. The highest BCUT2D eigenvalue weighted by Gasteiger charge is 2.24. The van der Waals surface area contributed by atoms with E-state index in [0.29, 0.717) is 31.4 Å². The lowest BCUT2D eigenvalue weighted by Gasteiger charge is -2.26. The van der Waals surface area contributed by atoms with Crippen LogP contribution >= 0.6 is 0 Å². The Balaban J connectivity index is 1.64. The van der Waals surface area contributed by atoms with Crippen LogP contribution in [0.1, 0.15) is 68.9 Å². The molecule has 0 radical (unpaired) electrons. The number of nitrogens with zero attached hydrogens (tertiary/aromatic N) is 2. The molecule has 2 heterocycles. The predicted octanol–water partition coefficient (Wildman–Crippen LogP) is 3.76. The highest BCUT2D eigenvalue weighted by molar-refractivity contribution is 5.94. The number of fused-ring (bicyclic) bond motifs is 1. The van der Waals surface area contributed by atoms with Crippen LogP contribution in [0.3, 0.4) is 0 Å². The minimum atomic E-state index is 0.0491. The van der Waals surface area contributed by atoms with Crippen LogP contribution in [-0.2, 0) is 11.3 Å². The molecule has 1 aliphatic rings. The average molecular weight is 398 g/mol. The van der Waals surface area contributed by atoms with E-state index in [9.17, 15) is 4.79 Å². The molecule has 0 saturated heterocycles. The van der Waals surface area contributed by atoms with Crippen LogP contribution in [-0.4, -0.2) is 30.1 Å². The van der Waals surface area contributed by atoms with E-state index in [1.165, 1.54) is 0 Å². The van der Waals surface area contributed by atoms with Crippen molar-refractivity contribution in [3.8, 4) is 0 Å². The fourth-order valence-electron chi connectivity index (χ4n) is 3.71. The number of aromatic nitrogens is 1. The molecule has 7 nitrogen and oxygen atoms in total. The Labute approximate surface area is 172 Å². The van der Waals surface area contributed by atoms with Gasteiger partial charge in [0.15, 0.2) is 11.7 Å². The third-order valence-electron chi connectivity index (χ3n) is 5.34. The first-order chi connectivity index (χ1) is 14.1. The summed E-state index contributed by atoms with van der Waals surface area (Å²) < 4.78 is 5.47. The van der Waals surface area contributed by atoms with Gasteiger partial charge in [0.25, 0.3) is 0 Å². The number of rotatable bonds is 8. The minimum Gasteiger partial charge on any atom is -0.359 e. The topological polar surface area (TPSA) is 91.6 Å². The van der Waals surface area contributed by atoms with Gasteiger partial charge in [-0.25, -0.2) is 4.99 Å². The van der Waals surface area contributed by atoms with Gasteiger partial charge in [0.1, 0.15) is 6.54 Å². The summed E-state index contributed by atoms with van der Waals surface area (Å²) in [5, 5.41) is 13.8. The average Bonchev–Trinajstić information content (AvgIpc) is 3.19. The lowest BCUT2D eigenvalue weighted by Crippen LogP contribution is -2.40. The van der Waals surface area contributed by atoms with Crippen molar-refractivity contribution in [3.05, 3.63) is 47.3 Å². The second-order valence-electron chi connectivity index (χ2n) is 7.34. The molecule has 1 aromatic heterocycles. The van der Waals surface area contributed by atoms with Crippen LogP contribution < -0.4 is 16.0 Å². The number of para-hydroxylation sites is 1. The molecule has 0 bridgehead atoms. The van der Waals surface area contributed by atoms with Crippen molar-refractivity contribution in [2.75, 3.05) is 18.4 Å². The quantitative estimate of drug-likeness (QED) is 0.466. The zero-order valence-electron chi connectivity index (χ0n) is 17.5. The Kier molecular flexibility index (Phi) is 7.27. The molecule has 2 aromatic rings. The first-order valence-corrected chi connectivity index (χ1v) is 10.5. The van der Waals surface area contributed by atoms with Crippen molar-refractivity contribution in [2.24, 2.45) is 4.99 Å². The Hall–Kier alpha value is -2.83. The van der Waals surface area contributed by atoms with Gasteiger partial charge in [-0.1, -0.05) is 37.2 Å². The standard InChI is InChI=1S/C22H31N5O2/c1-4-15(5-2)20-12-17(29-27-20)14-25-22(23-6-3)24-13-16-11-21(28)26-19-10-8-7-9-18(16)19/h7-10,12,15-16H,4-6,11,13-14H2,1-3H3,(H,26,28)(H2,23,24,25). The fraction of sp³-hybridized carbons (Fsp3) is 0.500. The molecule has 1 atom stereocenters. The lowest BCUT2D eigenvalue weighted by molar-refractivity contribution is -0.116. The number of hydrogen-bond donors (Lipinski definition) is 3. The largest absolute Gasteiger partial charge is 0.359 e. The normalized spacial score (nSPS) is 16.5. The van der Waals surface area contributed by atoms with Gasteiger partial charge in [-0.2, -0.15) is 0 Å². The summed E-state index contributed by atoms with van der Waals surface area (Å²) >= 11 is 0. The number of carbonyl (C=O) groups excluding carboxylic acids is 1. The van der Waals surface area contributed by atoms with E-state index in [2.05, 4.69) is 46.0 Å². The van der Waals surface area contributed by atoms with Gasteiger partial charge < -0.3 is 20.5 Å². The second-order valence-corrected chi connectivity index (χ2v) is 7.34. The molecule has 156 valence electrons. The first-order valence-electron chi connectivity index (χ1n) is 10.5. The van der Waals surface area contributed by atoms with Crippen molar-refractivity contribution in [3.63, 3.8) is 0 Å². The van der Waals surface area contributed by atoms with Gasteiger partial charge in [0.2, 0.25) is 5.91 Å². The maximum atomic E-state index is 12.0. The molecule has 3 N–H and O–H groups in total. The van der Waals surface area contributed by atoms with E-state index in [-0.39, 0.29) is 11.8 Å². The molecule has 1 aliphatic heterocycles. The van der Waals surface area contributed by atoms with Crippen molar-refractivity contribution in [2.45, 2.75) is 58.4 Å². The zero-order chi connectivity index (χ0) is 20.6. The third kappa shape index (κ3) is 5.37. The molecule has 1 aromatic carbocycles. The summed E-state index contributed by atoms with van der Waals surface area (Å²) in [6.07, 6.45) is 2.56. The molecule has 0 aliphatic carbocycles. The van der Waals surface area contributed by atoms with Gasteiger partial charge in [-0.3, -0.25) is 4.79 Å². The van der Waals surface area contributed by atoms with Crippen LogP contribution in [0.4, 0.5) is 5.69 Å². The maximum Gasteiger partial charge on any atom is 0.225 e. The molecule has 0 saturated carbocycles. The maximum absolute atomic E-state index is 12.0. The van der Waals surface area contributed by atoms with Gasteiger partial charge in [0, 0.05) is 43.1 Å². The summed E-state index contributed by atoms with van der Waals surface area (Å²) in [7, 11) is 0.